The fraction of sp³-hybridized carbons (Fsp3) is 0.650. The van der Waals surface area contributed by atoms with Gasteiger partial charge in [0.15, 0.2) is 0 Å². The van der Waals surface area contributed by atoms with E-state index in [1.165, 1.54) is 11.1 Å². The van der Waals surface area contributed by atoms with Crippen molar-refractivity contribution in [1.29, 1.82) is 0 Å². The molecular weight excluding hydrogens is 304 g/mol. The summed E-state index contributed by atoms with van der Waals surface area (Å²) in [5.74, 6) is -0.278. The zero-order valence-electron chi connectivity index (χ0n) is 15.3. The molecule has 0 spiro atoms. The molecule has 0 saturated heterocycles. The fourth-order valence-corrected chi connectivity index (χ4v) is 3.30. The molecule has 0 aromatic carbocycles. The monoisotopic (exact) mass is 334 g/mol. The minimum Gasteiger partial charge on any atom is -0.450 e. The van der Waals surface area contributed by atoms with Crippen molar-refractivity contribution in [3.8, 4) is 0 Å². The molecule has 1 unspecified atom stereocenters. The summed E-state index contributed by atoms with van der Waals surface area (Å²) in [6.07, 6.45) is 7.23. The Morgan fingerprint density at radius 3 is 2.58 bits per heavy atom. The zero-order valence-corrected chi connectivity index (χ0v) is 15.3. The van der Waals surface area contributed by atoms with Crippen molar-refractivity contribution in [2.45, 2.75) is 84.0 Å². The van der Waals surface area contributed by atoms with E-state index in [2.05, 4.69) is 19.9 Å². The molecule has 1 aliphatic heterocycles. The highest BCUT2D eigenvalue weighted by Gasteiger charge is 2.34. The van der Waals surface area contributed by atoms with Crippen LogP contribution in [0.1, 0.15) is 66.2 Å². The number of hydrogen-bond acceptors (Lipinski definition) is 4. The fourth-order valence-electron chi connectivity index (χ4n) is 3.30. The van der Waals surface area contributed by atoms with Gasteiger partial charge in [-0.1, -0.05) is 17.2 Å². The molecule has 0 amide bonds. The minimum atomic E-state index is -1.17. The Balaban J connectivity index is 2.28. The van der Waals surface area contributed by atoms with E-state index in [1.54, 1.807) is 13.8 Å². The van der Waals surface area contributed by atoms with Crippen molar-refractivity contribution >= 4 is 5.97 Å². The van der Waals surface area contributed by atoms with E-state index < -0.39 is 11.7 Å². The van der Waals surface area contributed by atoms with Crippen molar-refractivity contribution in [2.24, 2.45) is 0 Å². The van der Waals surface area contributed by atoms with Gasteiger partial charge in [-0.25, -0.2) is 4.79 Å². The molecule has 0 saturated carbocycles. The molecule has 2 rings (SSSR count). The summed E-state index contributed by atoms with van der Waals surface area (Å²) < 4.78 is 5.48. The Bertz CT molecular complexity index is 580. The van der Waals surface area contributed by atoms with E-state index >= 15 is 0 Å². The lowest BCUT2D eigenvalue weighted by Crippen LogP contribution is -2.39. The SMILES string of the molecule is CC1=C2CC[C@](C)(O)[C@@H](O)CC/C(C)=C/CC/C(C)=C/C2OC1=O. The van der Waals surface area contributed by atoms with Crippen LogP contribution in [0, 0.1) is 0 Å². The van der Waals surface area contributed by atoms with Crippen LogP contribution >= 0.6 is 0 Å². The Morgan fingerprint density at radius 2 is 1.88 bits per heavy atom. The largest absolute Gasteiger partial charge is 0.450 e. The van der Waals surface area contributed by atoms with Gasteiger partial charge in [0.05, 0.1) is 11.7 Å². The predicted octanol–water partition coefficient (Wildman–Crippen LogP) is 3.59. The molecule has 4 nitrogen and oxygen atoms in total. The average Bonchev–Trinajstić information content (AvgIpc) is 2.76. The van der Waals surface area contributed by atoms with Crippen molar-refractivity contribution in [3.63, 3.8) is 0 Å². The number of carbonyl (C=O) groups is 1. The number of carbonyl (C=O) groups excluding carboxylic acids is 1. The maximum absolute atomic E-state index is 11.9. The highest BCUT2D eigenvalue weighted by atomic mass is 16.5. The third-order valence-electron chi connectivity index (χ3n) is 5.26. The standard InChI is InChI=1S/C20H30O4/c1-13-6-5-7-14(2)12-17-16(15(3)19(22)24-17)10-11-20(4,23)18(21)9-8-13/h6,12,17-18,21,23H,5,7-11H2,1-4H3/b13-6+,14-12+/t17?,18-,20-/m0/s1. The van der Waals surface area contributed by atoms with Crippen molar-refractivity contribution in [2.75, 3.05) is 0 Å². The Morgan fingerprint density at radius 1 is 1.17 bits per heavy atom. The third-order valence-corrected chi connectivity index (χ3v) is 5.26. The van der Waals surface area contributed by atoms with Gasteiger partial charge in [-0.05, 0) is 77.9 Å². The molecule has 1 aliphatic carbocycles. The lowest BCUT2D eigenvalue weighted by Gasteiger charge is -2.30. The van der Waals surface area contributed by atoms with E-state index in [4.69, 9.17) is 4.74 Å². The maximum Gasteiger partial charge on any atom is 0.334 e. The predicted molar refractivity (Wildman–Crippen MR) is 94.4 cm³/mol. The van der Waals surface area contributed by atoms with Gasteiger partial charge >= 0.3 is 5.97 Å². The molecule has 24 heavy (non-hydrogen) atoms. The van der Waals surface area contributed by atoms with Gasteiger partial charge in [0.25, 0.3) is 0 Å². The summed E-state index contributed by atoms with van der Waals surface area (Å²) in [5, 5.41) is 21.0. The second-order valence-electron chi connectivity index (χ2n) is 7.49. The number of fused-ring (bicyclic) bond motifs is 1. The number of aliphatic hydroxyl groups excluding tert-OH is 1. The van der Waals surface area contributed by atoms with Crippen LogP contribution in [0.4, 0.5) is 0 Å². The van der Waals surface area contributed by atoms with Crippen LogP contribution in [-0.4, -0.2) is 34.0 Å². The summed E-state index contributed by atoms with van der Waals surface area (Å²) in [4.78, 5) is 11.9. The molecule has 134 valence electrons. The molecule has 2 aliphatic rings. The molecule has 0 bridgehead atoms. The van der Waals surface area contributed by atoms with Crippen LogP contribution in [0.3, 0.4) is 0 Å². The van der Waals surface area contributed by atoms with Crippen LogP contribution in [0.2, 0.25) is 0 Å². The number of aliphatic hydroxyl groups is 2. The van der Waals surface area contributed by atoms with E-state index in [-0.39, 0.29) is 12.1 Å². The molecule has 4 heteroatoms. The average molecular weight is 334 g/mol. The van der Waals surface area contributed by atoms with E-state index in [9.17, 15) is 15.0 Å². The Labute approximate surface area is 144 Å². The highest BCUT2D eigenvalue weighted by molar-refractivity contribution is 5.92. The zero-order chi connectivity index (χ0) is 17.9. The molecule has 0 radical (unpaired) electrons. The molecular formula is C20H30O4. The van der Waals surface area contributed by atoms with Crippen molar-refractivity contribution in [3.05, 3.63) is 34.4 Å². The normalized spacial score (nSPS) is 37.7. The lowest BCUT2D eigenvalue weighted by molar-refractivity contribution is -0.138. The summed E-state index contributed by atoms with van der Waals surface area (Å²) in [5.41, 5.74) is 2.83. The number of hydrogen-bond donors (Lipinski definition) is 2. The number of ether oxygens (including phenoxy) is 1. The molecule has 3 atom stereocenters. The number of rotatable bonds is 0. The van der Waals surface area contributed by atoms with Crippen molar-refractivity contribution < 1.29 is 19.7 Å². The maximum atomic E-state index is 11.9. The summed E-state index contributed by atoms with van der Waals surface area (Å²) in [6.45, 7) is 7.58. The summed E-state index contributed by atoms with van der Waals surface area (Å²) >= 11 is 0. The molecule has 0 aromatic heterocycles. The van der Waals surface area contributed by atoms with Gasteiger partial charge in [-0.3, -0.25) is 0 Å². The van der Waals surface area contributed by atoms with Gasteiger partial charge in [-0.2, -0.15) is 0 Å². The van der Waals surface area contributed by atoms with Crippen molar-refractivity contribution in [1.82, 2.24) is 0 Å². The van der Waals surface area contributed by atoms with Gasteiger partial charge in [0.2, 0.25) is 0 Å². The van der Waals surface area contributed by atoms with Crippen LogP contribution in [0.5, 0.6) is 0 Å². The lowest BCUT2D eigenvalue weighted by atomic mass is 9.86. The van der Waals surface area contributed by atoms with Crippen LogP contribution in [0.25, 0.3) is 0 Å². The van der Waals surface area contributed by atoms with Gasteiger partial charge < -0.3 is 14.9 Å². The first-order chi connectivity index (χ1) is 11.2. The smallest absolute Gasteiger partial charge is 0.334 e. The third kappa shape index (κ3) is 4.58. The Kier molecular flexibility index (Phi) is 6.05. The first-order valence-electron chi connectivity index (χ1n) is 8.84. The van der Waals surface area contributed by atoms with Crippen LogP contribution in [-0.2, 0) is 9.53 Å². The molecule has 0 aromatic rings. The first kappa shape index (κ1) is 18.9. The van der Waals surface area contributed by atoms with Gasteiger partial charge in [-0.15, -0.1) is 0 Å². The number of allylic oxidation sites excluding steroid dienone is 3. The second-order valence-corrected chi connectivity index (χ2v) is 7.49. The van der Waals surface area contributed by atoms with Gasteiger partial charge in [0.1, 0.15) is 6.10 Å². The highest BCUT2D eigenvalue weighted by Crippen LogP contribution is 2.32. The summed E-state index contributed by atoms with van der Waals surface area (Å²) in [7, 11) is 0. The molecule has 0 fully saturated rings. The Hall–Kier alpha value is -1.39. The van der Waals surface area contributed by atoms with Crippen LogP contribution in [0.15, 0.2) is 34.4 Å². The topological polar surface area (TPSA) is 66.8 Å². The van der Waals surface area contributed by atoms with E-state index in [0.717, 1.165) is 24.8 Å². The van der Waals surface area contributed by atoms with E-state index in [1.807, 2.05) is 6.08 Å². The summed E-state index contributed by atoms with van der Waals surface area (Å²) in [6, 6.07) is 0. The van der Waals surface area contributed by atoms with Gasteiger partial charge in [0, 0.05) is 5.57 Å². The minimum absolute atomic E-state index is 0.278. The first-order valence-corrected chi connectivity index (χ1v) is 8.84. The second kappa shape index (κ2) is 7.66. The molecule has 1 heterocycles. The van der Waals surface area contributed by atoms with Crippen LogP contribution < -0.4 is 0 Å². The quantitative estimate of drug-likeness (QED) is 0.525. The molecule has 2 N–H and O–H groups in total. The van der Waals surface area contributed by atoms with E-state index in [0.29, 0.717) is 24.8 Å². The number of esters is 1.